The normalized spacial score (nSPS) is 10.6. The number of nitro benzene ring substituents is 1. The Morgan fingerprint density at radius 2 is 1.59 bits per heavy atom. The molecule has 0 aliphatic heterocycles. The van der Waals surface area contributed by atoms with E-state index < -0.39 is 4.92 Å². The highest BCUT2D eigenvalue weighted by Gasteiger charge is 2.19. The molecule has 0 atom stereocenters. The lowest BCUT2D eigenvalue weighted by molar-refractivity contribution is -0.385. The van der Waals surface area contributed by atoms with Crippen LogP contribution < -0.4 is 10.1 Å². The zero-order chi connectivity index (χ0) is 20.6. The maximum absolute atomic E-state index is 12.7. The van der Waals surface area contributed by atoms with Crippen LogP contribution in [0, 0.1) is 10.1 Å². The molecule has 3 aromatic carbocycles. The van der Waals surface area contributed by atoms with E-state index in [-0.39, 0.29) is 29.8 Å². The van der Waals surface area contributed by atoms with Gasteiger partial charge in [0.15, 0.2) is 5.75 Å². The summed E-state index contributed by atoms with van der Waals surface area (Å²) in [6.45, 7) is 0.267. The fourth-order valence-electron chi connectivity index (χ4n) is 3.24. The Bertz CT molecular complexity index is 935. The highest BCUT2D eigenvalue weighted by Crippen LogP contribution is 2.29. The van der Waals surface area contributed by atoms with Crippen LogP contribution in [0.25, 0.3) is 0 Å². The van der Waals surface area contributed by atoms with Crippen molar-refractivity contribution in [3.05, 3.63) is 106 Å². The van der Waals surface area contributed by atoms with E-state index in [0.717, 1.165) is 16.7 Å². The van der Waals surface area contributed by atoms with Gasteiger partial charge >= 0.3 is 5.69 Å². The summed E-state index contributed by atoms with van der Waals surface area (Å²) in [5.41, 5.74) is 2.78. The number of nitrogens with one attached hydrogen (secondary N) is 1. The van der Waals surface area contributed by atoms with E-state index in [1.807, 2.05) is 60.7 Å². The van der Waals surface area contributed by atoms with Gasteiger partial charge in [0.05, 0.1) is 12.0 Å². The Morgan fingerprint density at radius 3 is 2.10 bits per heavy atom. The molecule has 0 spiro atoms. The van der Waals surface area contributed by atoms with E-state index in [4.69, 9.17) is 4.74 Å². The van der Waals surface area contributed by atoms with E-state index in [2.05, 4.69) is 5.32 Å². The van der Waals surface area contributed by atoms with Crippen molar-refractivity contribution in [1.82, 2.24) is 5.32 Å². The summed E-state index contributed by atoms with van der Waals surface area (Å²) in [4.78, 5) is 23.2. The van der Waals surface area contributed by atoms with Gasteiger partial charge in [-0.25, -0.2) is 0 Å². The van der Waals surface area contributed by atoms with E-state index in [1.54, 1.807) is 12.1 Å². The number of nitrogens with zero attached hydrogens (tertiary/aromatic N) is 1. The van der Waals surface area contributed by atoms with E-state index in [9.17, 15) is 14.9 Å². The van der Waals surface area contributed by atoms with E-state index in [0.29, 0.717) is 6.42 Å². The molecule has 0 bridgehead atoms. The van der Waals surface area contributed by atoms with Crippen LogP contribution in [-0.4, -0.2) is 17.9 Å². The molecule has 1 N–H and O–H groups in total. The van der Waals surface area contributed by atoms with Crippen molar-refractivity contribution in [2.75, 3.05) is 7.11 Å². The van der Waals surface area contributed by atoms with Crippen molar-refractivity contribution in [3.63, 3.8) is 0 Å². The second-order valence-corrected chi connectivity index (χ2v) is 6.62. The van der Waals surface area contributed by atoms with Crippen LogP contribution in [0.2, 0.25) is 0 Å². The van der Waals surface area contributed by atoms with Gasteiger partial charge in [0.2, 0.25) is 5.91 Å². The van der Waals surface area contributed by atoms with E-state index in [1.165, 1.54) is 13.2 Å². The molecular formula is C23H22N2O4. The number of ether oxygens (including phenoxy) is 1. The third kappa shape index (κ3) is 5.19. The Morgan fingerprint density at radius 1 is 1.00 bits per heavy atom. The molecule has 29 heavy (non-hydrogen) atoms. The topological polar surface area (TPSA) is 81.5 Å². The first-order valence-corrected chi connectivity index (χ1v) is 9.26. The van der Waals surface area contributed by atoms with Crippen molar-refractivity contribution in [2.24, 2.45) is 0 Å². The lowest BCUT2D eigenvalue weighted by Gasteiger charge is -2.18. The molecule has 0 saturated heterocycles. The molecule has 1 amide bonds. The standard InChI is InChI=1S/C23H22N2O4/c1-29-22-14-17(12-13-21(22)25(27)28)16-24-23(26)15-20(18-8-4-2-5-9-18)19-10-6-3-7-11-19/h2-14,20H,15-16H2,1H3,(H,24,26). The molecule has 0 heterocycles. The van der Waals surface area contributed by atoms with Crippen molar-refractivity contribution < 1.29 is 14.5 Å². The van der Waals surface area contributed by atoms with Crippen LogP contribution in [0.15, 0.2) is 78.9 Å². The molecule has 0 aliphatic carbocycles. The predicted octanol–water partition coefficient (Wildman–Crippen LogP) is 4.44. The first-order valence-electron chi connectivity index (χ1n) is 9.26. The first-order chi connectivity index (χ1) is 14.1. The fourth-order valence-corrected chi connectivity index (χ4v) is 3.24. The van der Waals surface area contributed by atoms with Crippen molar-refractivity contribution in [1.29, 1.82) is 0 Å². The smallest absolute Gasteiger partial charge is 0.310 e. The molecule has 0 saturated carbocycles. The number of rotatable bonds is 8. The summed E-state index contributed by atoms with van der Waals surface area (Å²) >= 11 is 0. The average molecular weight is 390 g/mol. The maximum Gasteiger partial charge on any atom is 0.310 e. The number of nitro groups is 1. The predicted molar refractivity (Wildman–Crippen MR) is 111 cm³/mol. The summed E-state index contributed by atoms with van der Waals surface area (Å²) in [6, 6.07) is 24.4. The Hall–Kier alpha value is -3.67. The molecule has 0 radical (unpaired) electrons. The van der Waals surface area contributed by atoms with Gasteiger partial charge in [0, 0.05) is 24.9 Å². The molecule has 3 aromatic rings. The third-order valence-corrected chi connectivity index (χ3v) is 4.72. The highest BCUT2D eigenvalue weighted by molar-refractivity contribution is 5.77. The van der Waals surface area contributed by atoms with Gasteiger partial charge in [-0.2, -0.15) is 0 Å². The average Bonchev–Trinajstić information content (AvgIpc) is 2.77. The molecule has 6 nitrogen and oxygen atoms in total. The monoisotopic (exact) mass is 390 g/mol. The van der Waals surface area contributed by atoms with Crippen molar-refractivity contribution >= 4 is 11.6 Å². The van der Waals surface area contributed by atoms with E-state index >= 15 is 0 Å². The zero-order valence-electron chi connectivity index (χ0n) is 16.1. The second-order valence-electron chi connectivity index (χ2n) is 6.62. The highest BCUT2D eigenvalue weighted by atomic mass is 16.6. The van der Waals surface area contributed by atoms with Crippen LogP contribution in [0.3, 0.4) is 0 Å². The number of benzene rings is 3. The molecular weight excluding hydrogens is 368 g/mol. The lowest BCUT2D eigenvalue weighted by Crippen LogP contribution is -2.25. The molecule has 148 valence electrons. The van der Waals surface area contributed by atoms with Crippen LogP contribution in [-0.2, 0) is 11.3 Å². The minimum atomic E-state index is -0.495. The second kappa shape index (κ2) is 9.50. The third-order valence-electron chi connectivity index (χ3n) is 4.72. The SMILES string of the molecule is COc1cc(CNC(=O)CC(c2ccccc2)c2ccccc2)ccc1[N+](=O)[O-]. The molecule has 6 heteroatoms. The zero-order valence-corrected chi connectivity index (χ0v) is 16.1. The van der Waals surface area contributed by atoms with Crippen LogP contribution in [0.1, 0.15) is 29.0 Å². The maximum atomic E-state index is 12.7. The van der Waals surface area contributed by atoms with Gasteiger partial charge in [-0.15, -0.1) is 0 Å². The summed E-state index contributed by atoms with van der Waals surface area (Å²) in [5.74, 6) is 0.0250. The summed E-state index contributed by atoms with van der Waals surface area (Å²) in [7, 11) is 1.38. The minimum Gasteiger partial charge on any atom is -0.490 e. The van der Waals surface area contributed by atoms with Crippen LogP contribution in [0.5, 0.6) is 5.75 Å². The summed E-state index contributed by atoms with van der Waals surface area (Å²) in [6.07, 6.45) is 0.304. The number of amides is 1. The van der Waals surface area contributed by atoms with Crippen molar-refractivity contribution in [3.8, 4) is 5.75 Å². The first kappa shape index (κ1) is 20.1. The van der Waals surface area contributed by atoms with Gasteiger partial charge in [-0.3, -0.25) is 14.9 Å². The molecule has 0 aromatic heterocycles. The van der Waals surface area contributed by atoms with Crippen LogP contribution >= 0.6 is 0 Å². The van der Waals surface area contributed by atoms with Gasteiger partial charge in [-0.05, 0) is 22.8 Å². The largest absolute Gasteiger partial charge is 0.490 e. The number of methoxy groups -OCH3 is 1. The number of hydrogen-bond donors (Lipinski definition) is 1. The quantitative estimate of drug-likeness (QED) is 0.455. The Labute approximate surface area is 169 Å². The molecule has 3 rings (SSSR count). The lowest BCUT2D eigenvalue weighted by atomic mass is 9.88. The number of carbonyl (C=O) groups is 1. The van der Waals surface area contributed by atoms with Gasteiger partial charge < -0.3 is 10.1 Å². The Kier molecular flexibility index (Phi) is 6.58. The minimum absolute atomic E-state index is 0.0520. The molecule has 0 aliphatic rings. The fraction of sp³-hybridized carbons (Fsp3) is 0.174. The van der Waals surface area contributed by atoms with Crippen molar-refractivity contribution in [2.45, 2.75) is 18.9 Å². The van der Waals surface area contributed by atoms with Gasteiger partial charge in [-0.1, -0.05) is 66.7 Å². The van der Waals surface area contributed by atoms with Gasteiger partial charge in [0.25, 0.3) is 0 Å². The number of carbonyl (C=O) groups excluding carboxylic acids is 1. The van der Waals surface area contributed by atoms with Crippen LogP contribution in [0.4, 0.5) is 5.69 Å². The molecule has 0 fully saturated rings. The number of hydrogen-bond acceptors (Lipinski definition) is 4. The summed E-state index contributed by atoms with van der Waals surface area (Å²) < 4.78 is 5.08. The molecule has 0 unspecified atom stereocenters. The summed E-state index contributed by atoms with van der Waals surface area (Å²) in [5, 5.41) is 13.9. The van der Waals surface area contributed by atoms with Gasteiger partial charge in [0.1, 0.15) is 0 Å². The Balaban J connectivity index is 1.70.